The lowest BCUT2D eigenvalue weighted by molar-refractivity contribution is 0.927. The summed E-state index contributed by atoms with van der Waals surface area (Å²) in [4.78, 5) is 0. The minimum atomic E-state index is -0.852. The molecule has 11 heavy (non-hydrogen) atoms. The van der Waals surface area contributed by atoms with Gasteiger partial charge in [0.1, 0.15) is 0 Å². The Bertz CT molecular complexity index is 96.1. The largest absolute Gasteiger partial charge is 0.195 e. The van der Waals surface area contributed by atoms with E-state index < -0.39 is 7.41 Å². The zero-order chi connectivity index (χ0) is 9.07. The zero-order valence-electron chi connectivity index (χ0n) is 8.81. The van der Waals surface area contributed by atoms with Crippen molar-refractivity contribution in [3.05, 3.63) is 0 Å². The van der Waals surface area contributed by atoms with Crippen LogP contribution in [0.2, 0.25) is 0 Å². The Kier molecular flexibility index (Phi) is 4.58. The molecule has 0 atom stereocenters. The lowest BCUT2D eigenvalue weighted by Crippen LogP contribution is -2.27. The SMILES string of the molecule is CC[P+](NC)(C(C)C)C(C)C. The predicted molar refractivity (Wildman–Crippen MR) is 56.8 cm³/mol. The van der Waals surface area contributed by atoms with Gasteiger partial charge in [-0.1, -0.05) is 0 Å². The van der Waals surface area contributed by atoms with Gasteiger partial charge >= 0.3 is 0 Å². The van der Waals surface area contributed by atoms with Gasteiger partial charge in [-0.2, -0.15) is 5.09 Å². The lowest BCUT2D eigenvalue weighted by atomic mass is 10.5. The Balaban J connectivity index is 4.46. The molecule has 0 aromatic rings. The first kappa shape index (κ1) is 11.4. The maximum atomic E-state index is 3.58. The predicted octanol–water partition coefficient (Wildman–Crippen LogP) is 2.98. The molecule has 0 spiro atoms. The second kappa shape index (κ2) is 4.42. The van der Waals surface area contributed by atoms with Crippen LogP contribution in [0.5, 0.6) is 0 Å². The Morgan fingerprint density at radius 3 is 1.45 bits per heavy atom. The maximum absolute atomic E-state index is 3.58. The van der Waals surface area contributed by atoms with Crippen LogP contribution >= 0.6 is 7.41 Å². The van der Waals surface area contributed by atoms with E-state index in [1.165, 1.54) is 6.16 Å². The molecule has 0 heterocycles. The van der Waals surface area contributed by atoms with Gasteiger partial charge in [0.25, 0.3) is 0 Å². The van der Waals surface area contributed by atoms with Gasteiger partial charge in [-0.3, -0.25) is 0 Å². The smallest absolute Gasteiger partial charge is 0.0843 e. The highest BCUT2D eigenvalue weighted by Gasteiger charge is 2.41. The summed E-state index contributed by atoms with van der Waals surface area (Å²) in [6, 6.07) is 0. The third-order valence-corrected chi connectivity index (χ3v) is 8.35. The fourth-order valence-electron chi connectivity index (χ4n) is 2.00. The first-order chi connectivity index (χ1) is 5.01. The van der Waals surface area contributed by atoms with E-state index in [1.54, 1.807) is 0 Å². The van der Waals surface area contributed by atoms with Gasteiger partial charge in [-0.15, -0.1) is 0 Å². The molecule has 0 unspecified atom stereocenters. The summed E-state index contributed by atoms with van der Waals surface area (Å²) in [7, 11) is 1.27. The summed E-state index contributed by atoms with van der Waals surface area (Å²) in [6.07, 6.45) is 1.32. The van der Waals surface area contributed by atoms with E-state index in [4.69, 9.17) is 0 Å². The first-order valence-electron chi connectivity index (χ1n) is 4.57. The average Bonchev–Trinajstić information content (AvgIpc) is 1.90. The summed E-state index contributed by atoms with van der Waals surface area (Å²) in [5.41, 5.74) is 1.63. The van der Waals surface area contributed by atoms with Gasteiger partial charge in [-0.25, -0.2) is 0 Å². The highest BCUT2D eigenvalue weighted by atomic mass is 31.2. The van der Waals surface area contributed by atoms with Crippen molar-refractivity contribution in [3.63, 3.8) is 0 Å². The molecule has 0 aromatic carbocycles. The zero-order valence-corrected chi connectivity index (χ0v) is 9.70. The van der Waals surface area contributed by atoms with E-state index in [0.29, 0.717) is 0 Å². The molecule has 0 aliphatic rings. The molecule has 1 nitrogen and oxygen atoms in total. The molecule has 0 saturated heterocycles. The Morgan fingerprint density at radius 2 is 1.45 bits per heavy atom. The van der Waals surface area contributed by atoms with Crippen molar-refractivity contribution in [2.24, 2.45) is 0 Å². The summed E-state index contributed by atoms with van der Waals surface area (Å²) in [6.45, 7) is 11.7. The molecule has 0 fully saturated rings. The van der Waals surface area contributed by atoms with Gasteiger partial charge in [0.15, 0.2) is 0 Å². The molecular weight excluding hydrogens is 153 g/mol. The topological polar surface area (TPSA) is 12.0 Å². The van der Waals surface area contributed by atoms with Crippen LogP contribution in [0.3, 0.4) is 0 Å². The van der Waals surface area contributed by atoms with E-state index in [2.05, 4.69) is 46.8 Å². The summed E-state index contributed by atoms with van der Waals surface area (Å²) in [5, 5.41) is 3.58. The average molecular weight is 176 g/mol. The summed E-state index contributed by atoms with van der Waals surface area (Å²) >= 11 is 0. The normalized spacial score (nSPS) is 13.1. The van der Waals surface area contributed by atoms with Crippen molar-refractivity contribution < 1.29 is 0 Å². The van der Waals surface area contributed by atoms with Gasteiger partial charge in [-0.05, 0) is 34.6 Å². The number of rotatable bonds is 4. The number of hydrogen-bond donors (Lipinski definition) is 1. The van der Waals surface area contributed by atoms with Crippen LogP contribution in [0.1, 0.15) is 34.6 Å². The van der Waals surface area contributed by atoms with Crippen LogP contribution in [0.25, 0.3) is 0 Å². The van der Waals surface area contributed by atoms with E-state index in [-0.39, 0.29) is 0 Å². The van der Waals surface area contributed by atoms with Crippen LogP contribution in [0.15, 0.2) is 0 Å². The van der Waals surface area contributed by atoms with Crippen LogP contribution in [-0.2, 0) is 0 Å². The van der Waals surface area contributed by atoms with Crippen molar-refractivity contribution in [1.82, 2.24) is 5.09 Å². The number of nitrogens with one attached hydrogen (secondary N) is 1. The van der Waals surface area contributed by atoms with Gasteiger partial charge in [0.2, 0.25) is 0 Å². The Morgan fingerprint density at radius 1 is 1.09 bits per heavy atom. The molecule has 0 aliphatic carbocycles. The fraction of sp³-hybridized carbons (Fsp3) is 1.00. The third-order valence-electron chi connectivity index (χ3n) is 2.78. The van der Waals surface area contributed by atoms with Crippen LogP contribution < -0.4 is 5.09 Å². The fourth-order valence-corrected chi connectivity index (χ4v) is 6.00. The molecule has 1 N–H and O–H groups in total. The molecular formula is C9H23NP+. The van der Waals surface area contributed by atoms with Crippen molar-refractivity contribution in [2.45, 2.75) is 45.9 Å². The molecule has 0 amide bonds. The van der Waals surface area contributed by atoms with E-state index in [1.807, 2.05) is 0 Å². The molecule has 0 rings (SSSR count). The van der Waals surface area contributed by atoms with Crippen LogP contribution in [0, 0.1) is 0 Å². The molecule has 0 aromatic heterocycles. The quantitative estimate of drug-likeness (QED) is 0.649. The monoisotopic (exact) mass is 176 g/mol. The highest BCUT2D eigenvalue weighted by molar-refractivity contribution is 7.75. The molecule has 0 radical (unpaired) electrons. The number of hydrogen-bond acceptors (Lipinski definition) is 1. The molecule has 0 bridgehead atoms. The standard InChI is InChI=1S/C9H23NP/c1-7-11(10-6,8(2)3)9(4)5/h8-10H,7H2,1-6H3/q+1. The van der Waals surface area contributed by atoms with Gasteiger partial charge < -0.3 is 0 Å². The van der Waals surface area contributed by atoms with Crippen LogP contribution in [0.4, 0.5) is 0 Å². The summed E-state index contributed by atoms with van der Waals surface area (Å²) in [5.74, 6) is 0. The maximum Gasteiger partial charge on any atom is 0.0843 e. The van der Waals surface area contributed by atoms with E-state index in [9.17, 15) is 0 Å². The summed E-state index contributed by atoms with van der Waals surface area (Å²) < 4.78 is 0. The van der Waals surface area contributed by atoms with E-state index in [0.717, 1.165) is 11.3 Å². The van der Waals surface area contributed by atoms with Crippen molar-refractivity contribution >= 4 is 7.41 Å². The third kappa shape index (κ3) is 2.16. The van der Waals surface area contributed by atoms with E-state index >= 15 is 0 Å². The molecule has 68 valence electrons. The molecule has 2 heteroatoms. The van der Waals surface area contributed by atoms with Crippen LogP contribution in [-0.4, -0.2) is 24.5 Å². The first-order valence-corrected chi connectivity index (χ1v) is 6.69. The van der Waals surface area contributed by atoms with Crippen molar-refractivity contribution in [3.8, 4) is 0 Å². The van der Waals surface area contributed by atoms with Gasteiger partial charge in [0.05, 0.1) is 24.9 Å². The van der Waals surface area contributed by atoms with Gasteiger partial charge in [0, 0.05) is 7.05 Å². The minimum Gasteiger partial charge on any atom is -0.195 e. The highest BCUT2D eigenvalue weighted by Crippen LogP contribution is 2.62. The second-order valence-electron chi connectivity index (χ2n) is 3.66. The lowest BCUT2D eigenvalue weighted by Gasteiger charge is -2.32. The molecule has 0 aliphatic heterocycles. The Labute approximate surface area is 72.3 Å². The van der Waals surface area contributed by atoms with Crippen molar-refractivity contribution in [1.29, 1.82) is 0 Å². The second-order valence-corrected chi connectivity index (χ2v) is 8.66. The Hall–Kier alpha value is 0.390. The van der Waals surface area contributed by atoms with Crippen molar-refractivity contribution in [2.75, 3.05) is 13.2 Å². The minimum absolute atomic E-state index is 0.817. The molecule has 0 saturated carbocycles.